The molecule has 0 aliphatic heterocycles. The Labute approximate surface area is 166 Å². The van der Waals surface area contributed by atoms with Crippen molar-refractivity contribution in [1.29, 1.82) is 0 Å². The average molecular weight is 399 g/mol. The van der Waals surface area contributed by atoms with E-state index in [2.05, 4.69) is 16.8 Å². The Morgan fingerprint density at radius 1 is 1.21 bits per heavy atom. The monoisotopic (exact) mass is 399 g/mol. The van der Waals surface area contributed by atoms with Crippen LogP contribution < -0.4 is 0 Å². The second kappa shape index (κ2) is 9.16. The summed E-state index contributed by atoms with van der Waals surface area (Å²) in [5.74, 6) is -0.263. The number of allylic oxidation sites excluding steroid dienone is 1. The number of hydrogen-bond donors (Lipinski definition) is 1. The molecular weight excluding hydrogens is 378 g/mol. The van der Waals surface area contributed by atoms with Gasteiger partial charge < -0.3 is 19.3 Å². The molecule has 1 unspecified atom stereocenters. The Balaban J connectivity index is 1.53. The van der Waals surface area contributed by atoms with Gasteiger partial charge in [-0.15, -0.1) is 10.2 Å². The highest BCUT2D eigenvalue weighted by atomic mass is 16.7. The lowest BCUT2D eigenvalue weighted by Gasteiger charge is -2.18. The summed E-state index contributed by atoms with van der Waals surface area (Å²) in [6, 6.07) is 7.31. The molecule has 2 aromatic rings. The molecule has 9 nitrogen and oxygen atoms in total. The maximum Gasteiger partial charge on any atom is 0.513 e. The van der Waals surface area contributed by atoms with Crippen LogP contribution in [0, 0.1) is 0 Å². The van der Waals surface area contributed by atoms with Crippen molar-refractivity contribution < 1.29 is 28.9 Å². The fourth-order valence-corrected chi connectivity index (χ4v) is 2.51. The zero-order valence-electron chi connectivity index (χ0n) is 15.9. The number of carbonyl (C=O) groups excluding carboxylic acids is 2. The topological polar surface area (TPSA) is 113 Å². The zero-order valence-corrected chi connectivity index (χ0v) is 15.9. The number of carbonyl (C=O) groups is 2. The number of hydrogen-bond acceptors (Lipinski definition) is 8. The van der Waals surface area contributed by atoms with Gasteiger partial charge in [0.15, 0.2) is 0 Å². The molecule has 0 radical (unpaired) electrons. The van der Waals surface area contributed by atoms with Gasteiger partial charge in [0.1, 0.15) is 22.9 Å². The highest BCUT2D eigenvalue weighted by molar-refractivity contribution is 5.86. The second-order valence-corrected chi connectivity index (χ2v) is 6.38. The first-order valence-corrected chi connectivity index (χ1v) is 9.03. The van der Waals surface area contributed by atoms with Crippen molar-refractivity contribution >= 4 is 28.9 Å². The Morgan fingerprint density at radius 3 is 2.52 bits per heavy atom. The number of nitrogens with zero attached hydrogens (tertiary/aromatic N) is 3. The van der Waals surface area contributed by atoms with Crippen LogP contribution in [0.15, 0.2) is 54.3 Å². The second-order valence-electron chi connectivity index (χ2n) is 6.38. The van der Waals surface area contributed by atoms with Gasteiger partial charge in [0.25, 0.3) is 0 Å². The standard InChI is InChI=1S/C20H21N3O6/c1-13(2)19(25)27-10-5-11-28-20(26)29-14-8-9-18(24)17(12-14)23-21-15-6-3-4-7-16(15)22-23/h3-4,6-8,12,18,24H,1,5,9-11H2,2H3. The zero-order chi connectivity index (χ0) is 20.8. The van der Waals surface area contributed by atoms with Crippen molar-refractivity contribution in [2.24, 2.45) is 0 Å². The Hall–Kier alpha value is -3.46. The summed E-state index contributed by atoms with van der Waals surface area (Å²) in [5.41, 5.74) is 2.06. The molecule has 0 saturated heterocycles. The molecule has 1 aliphatic carbocycles. The lowest BCUT2D eigenvalue weighted by molar-refractivity contribution is -0.139. The largest absolute Gasteiger partial charge is 0.513 e. The van der Waals surface area contributed by atoms with Crippen LogP contribution in [0.25, 0.3) is 16.7 Å². The molecule has 1 N–H and O–H groups in total. The molecule has 0 amide bonds. The van der Waals surface area contributed by atoms with Crippen molar-refractivity contribution in [3.63, 3.8) is 0 Å². The molecule has 0 fully saturated rings. The number of aromatic nitrogens is 3. The van der Waals surface area contributed by atoms with Crippen LogP contribution >= 0.6 is 0 Å². The molecular formula is C20H21N3O6. The molecule has 9 heteroatoms. The summed E-state index contributed by atoms with van der Waals surface area (Å²) in [6.45, 7) is 5.16. The van der Waals surface area contributed by atoms with E-state index in [1.807, 2.05) is 24.3 Å². The summed E-state index contributed by atoms with van der Waals surface area (Å²) in [4.78, 5) is 24.4. The minimum atomic E-state index is -0.895. The summed E-state index contributed by atoms with van der Waals surface area (Å²) < 4.78 is 15.0. The van der Waals surface area contributed by atoms with Gasteiger partial charge in [-0.3, -0.25) is 0 Å². The van der Waals surface area contributed by atoms with Gasteiger partial charge in [-0.25, -0.2) is 9.59 Å². The van der Waals surface area contributed by atoms with Gasteiger partial charge in [0, 0.05) is 24.5 Å². The van der Waals surface area contributed by atoms with Gasteiger partial charge in [-0.1, -0.05) is 18.7 Å². The summed E-state index contributed by atoms with van der Waals surface area (Å²) in [6.07, 6.45) is 1.91. The Kier molecular flexibility index (Phi) is 6.40. The fourth-order valence-electron chi connectivity index (χ4n) is 2.51. The van der Waals surface area contributed by atoms with Gasteiger partial charge in [-0.05, 0) is 25.1 Å². The van der Waals surface area contributed by atoms with Crippen LogP contribution in [0.2, 0.25) is 0 Å². The molecule has 1 atom stereocenters. The van der Waals surface area contributed by atoms with E-state index >= 15 is 0 Å². The number of ether oxygens (including phenoxy) is 3. The molecule has 1 heterocycles. The van der Waals surface area contributed by atoms with E-state index in [1.54, 1.807) is 13.0 Å². The number of esters is 1. The Morgan fingerprint density at radius 2 is 1.86 bits per heavy atom. The van der Waals surface area contributed by atoms with Gasteiger partial charge in [-0.2, -0.15) is 4.80 Å². The number of fused-ring (bicyclic) bond motifs is 1. The van der Waals surface area contributed by atoms with E-state index in [4.69, 9.17) is 14.2 Å². The third-order valence-electron chi connectivity index (χ3n) is 3.98. The Bertz CT molecular complexity index is 958. The van der Waals surface area contributed by atoms with Crippen LogP contribution in [0.5, 0.6) is 0 Å². The summed E-state index contributed by atoms with van der Waals surface area (Å²) >= 11 is 0. The first kappa shape index (κ1) is 20.3. The third-order valence-corrected chi connectivity index (χ3v) is 3.98. The van der Waals surface area contributed by atoms with Crippen LogP contribution in [0.4, 0.5) is 4.79 Å². The lowest BCUT2D eigenvalue weighted by Crippen LogP contribution is -2.20. The quantitative estimate of drug-likeness (QED) is 0.429. The third kappa shape index (κ3) is 5.29. The fraction of sp³-hybridized carbons (Fsp3) is 0.300. The van der Waals surface area contributed by atoms with Gasteiger partial charge >= 0.3 is 12.1 Å². The number of aliphatic hydroxyl groups excluding tert-OH is 1. The number of benzene rings is 1. The number of rotatable bonds is 7. The normalized spacial score (nSPS) is 16.0. The van der Waals surface area contributed by atoms with E-state index in [9.17, 15) is 14.7 Å². The minimum Gasteiger partial charge on any atom is -0.462 e. The van der Waals surface area contributed by atoms with Gasteiger partial charge in [0.05, 0.1) is 18.9 Å². The molecule has 0 bridgehead atoms. The van der Waals surface area contributed by atoms with Crippen molar-refractivity contribution in [2.45, 2.75) is 25.9 Å². The average Bonchev–Trinajstić information content (AvgIpc) is 3.13. The van der Waals surface area contributed by atoms with Crippen molar-refractivity contribution in [3.8, 4) is 0 Å². The summed E-state index contributed by atoms with van der Waals surface area (Å²) in [7, 11) is 0. The predicted molar refractivity (Wildman–Crippen MR) is 103 cm³/mol. The lowest BCUT2D eigenvalue weighted by atomic mass is 10.1. The van der Waals surface area contributed by atoms with Crippen molar-refractivity contribution in [2.75, 3.05) is 13.2 Å². The SMILES string of the molecule is C=C(C)C(=O)OCCCOC(=O)OC1=CCC(O)C(n2nc3ccccc3n2)=C1. The highest BCUT2D eigenvalue weighted by Gasteiger charge is 2.21. The van der Waals surface area contributed by atoms with Crippen LogP contribution in [-0.4, -0.2) is 51.5 Å². The molecule has 29 heavy (non-hydrogen) atoms. The van der Waals surface area contributed by atoms with Crippen LogP contribution in [-0.2, 0) is 19.0 Å². The maximum absolute atomic E-state index is 11.8. The van der Waals surface area contributed by atoms with E-state index in [-0.39, 0.29) is 25.4 Å². The van der Waals surface area contributed by atoms with E-state index in [1.165, 1.54) is 10.9 Å². The predicted octanol–water partition coefficient (Wildman–Crippen LogP) is 2.58. The molecule has 0 saturated carbocycles. The minimum absolute atomic E-state index is 0.0287. The smallest absolute Gasteiger partial charge is 0.462 e. The van der Waals surface area contributed by atoms with E-state index < -0.39 is 18.2 Å². The van der Waals surface area contributed by atoms with Gasteiger partial charge in [0.2, 0.25) is 0 Å². The van der Waals surface area contributed by atoms with E-state index in [0.717, 1.165) is 0 Å². The molecule has 0 spiro atoms. The van der Waals surface area contributed by atoms with Crippen molar-refractivity contribution in [3.05, 3.63) is 54.3 Å². The maximum atomic E-state index is 11.8. The highest BCUT2D eigenvalue weighted by Crippen LogP contribution is 2.23. The van der Waals surface area contributed by atoms with Crippen molar-refractivity contribution in [1.82, 2.24) is 15.0 Å². The van der Waals surface area contributed by atoms with E-state index in [0.29, 0.717) is 28.7 Å². The molecule has 1 aromatic carbocycles. The molecule has 3 rings (SSSR count). The molecule has 1 aromatic heterocycles. The first-order valence-electron chi connectivity index (χ1n) is 9.03. The van der Waals surface area contributed by atoms with Crippen LogP contribution in [0.1, 0.15) is 19.8 Å². The van der Waals surface area contributed by atoms with Crippen LogP contribution in [0.3, 0.4) is 0 Å². The first-order chi connectivity index (χ1) is 13.9. The molecule has 1 aliphatic rings. The summed E-state index contributed by atoms with van der Waals surface area (Å²) in [5, 5.41) is 18.9. The molecule has 152 valence electrons. The number of aliphatic hydroxyl groups is 1.